The first-order valence-electron chi connectivity index (χ1n) is 8.40. The van der Waals surface area contributed by atoms with E-state index in [1.165, 1.54) is 32.1 Å². The van der Waals surface area contributed by atoms with Crippen LogP contribution in [-0.4, -0.2) is 17.9 Å². The van der Waals surface area contributed by atoms with Gasteiger partial charge in [-0.3, -0.25) is 4.79 Å². The summed E-state index contributed by atoms with van der Waals surface area (Å²) in [5, 5.41) is 3.67. The molecule has 2 heterocycles. The Morgan fingerprint density at radius 3 is 2.26 bits per heavy atom. The topological polar surface area (TPSA) is 29.1 Å². The molecule has 1 saturated carbocycles. The van der Waals surface area contributed by atoms with Crippen molar-refractivity contribution in [2.45, 2.75) is 77.3 Å². The first-order valence-corrected chi connectivity index (χ1v) is 8.40. The molecule has 3 rings (SSSR count). The average Bonchev–Trinajstić information content (AvgIpc) is 2.72. The monoisotopic (exact) mass is 263 g/mol. The quantitative estimate of drug-likeness (QED) is 0.843. The Labute approximate surface area is 117 Å². The summed E-state index contributed by atoms with van der Waals surface area (Å²) in [6, 6.07) is 1.45. The Morgan fingerprint density at radius 2 is 1.63 bits per heavy atom. The fourth-order valence-corrected chi connectivity index (χ4v) is 4.63. The summed E-state index contributed by atoms with van der Waals surface area (Å²) in [5.41, 5.74) is 0. The summed E-state index contributed by atoms with van der Waals surface area (Å²) in [4.78, 5) is 12.5. The molecule has 2 aliphatic heterocycles. The zero-order valence-corrected chi connectivity index (χ0v) is 12.5. The molecule has 0 spiro atoms. The summed E-state index contributed by atoms with van der Waals surface area (Å²) in [6.45, 7) is 4.67. The summed E-state index contributed by atoms with van der Waals surface area (Å²) in [7, 11) is 0. The lowest BCUT2D eigenvalue weighted by atomic mass is 9.72. The van der Waals surface area contributed by atoms with Crippen LogP contribution in [0.15, 0.2) is 0 Å². The van der Waals surface area contributed by atoms with Gasteiger partial charge in [0.25, 0.3) is 0 Å². The van der Waals surface area contributed by atoms with Crippen LogP contribution in [0.25, 0.3) is 0 Å². The first-order chi connectivity index (χ1) is 9.11. The van der Waals surface area contributed by atoms with Crippen LogP contribution in [0, 0.1) is 23.7 Å². The predicted molar refractivity (Wildman–Crippen MR) is 78.0 cm³/mol. The van der Waals surface area contributed by atoms with Gasteiger partial charge < -0.3 is 5.32 Å². The van der Waals surface area contributed by atoms with Crippen LogP contribution in [-0.2, 0) is 4.79 Å². The number of hydrogen-bond donors (Lipinski definition) is 1. The van der Waals surface area contributed by atoms with E-state index in [4.69, 9.17) is 0 Å². The smallest absolute Gasteiger partial charge is 0.136 e. The maximum Gasteiger partial charge on any atom is 0.136 e. The number of carbonyl (C=O) groups excluding carboxylic acids is 1. The van der Waals surface area contributed by atoms with Gasteiger partial charge in [-0.25, -0.2) is 0 Å². The van der Waals surface area contributed by atoms with Crippen molar-refractivity contribution in [2.24, 2.45) is 23.7 Å². The zero-order valence-electron chi connectivity index (χ0n) is 12.5. The lowest BCUT2D eigenvalue weighted by molar-refractivity contribution is -0.125. The third-order valence-electron chi connectivity index (χ3n) is 6.11. The van der Waals surface area contributed by atoms with E-state index in [2.05, 4.69) is 19.2 Å². The summed E-state index contributed by atoms with van der Waals surface area (Å²) in [6.07, 6.45) is 9.62. The number of hydrogen-bond acceptors (Lipinski definition) is 2. The van der Waals surface area contributed by atoms with E-state index >= 15 is 0 Å². The Morgan fingerprint density at radius 1 is 0.947 bits per heavy atom. The van der Waals surface area contributed by atoms with Gasteiger partial charge in [0.15, 0.2) is 0 Å². The van der Waals surface area contributed by atoms with Gasteiger partial charge in [0, 0.05) is 24.4 Å². The molecule has 19 heavy (non-hydrogen) atoms. The molecule has 2 nitrogen and oxygen atoms in total. The van der Waals surface area contributed by atoms with Gasteiger partial charge in [-0.15, -0.1) is 0 Å². The highest BCUT2D eigenvalue weighted by molar-refractivity contribution is 5.81. The van der Waals surface area contributed by atoms with Crippen molar-refractivity contribution < 1.29 is 4.79 Å². The molecule has 0 amide bonds. The van der Waals surface area contributed by atoms with E-state index in [0.29, 0.717) is 17.6 Å². The van der Waals surface area contributed by atoms with Crippen molar-refractivity contribution in [1.82, 2.24) is 5.32 Å². The van der Waals surface area contributed by atoms with Crippen molar-refractivity contribution in [1.29, 1.82) is 0 Å². The van der Waals surface area contributed by atoms with Gasteiger partial charge in [0.05, 0.1) is 0 Å². The summed E-state index contributed by atoms with van der Waals surface area (Å²) < 4.78 is 0. The molecule has 0 radical (unpaired) electrons. The van der Waals surface area contributed by atoms with Crippen LogP contribution < -0.4 is 5.32 Å². The number of fused-ring (bicyclic) bond motifs is 2. The SMILES string of the molecule is CC1CCC(C(=O)CC2CC3CCC(C2)N3)CC1C. The summed E-state index contributed by atoms with van der Waals surface area (Å²) in [5.74, 6) is 3.22. The lowest BCUT2D eigenvalue weighted by Gasteiger charge is -2.33. The second-order valence-electron chi connectivity index (χ2n) is 7.61. The summed E-state index contributed by atoms with van der Waals surface area (Å²) >= 11 is 0. The normalized spacial score (nSPS) is 46.2. The van der Waals surface area contributed by atoms with Gasteiger partial charge in [0.1, 0.15) is 5.78 Å². The molecule has 1 aliphatic carbocycles. The van der Waals surface area contributed by atoms with Crippen LogP contribution in [0.5, 0.6) is 0 Å². The Bertz CT molecular complexity index is 328. The van der Waals surface area contributed by atoms with Gasteiger partial charge in [0.2, 0.25) is 0 Å². The molecule has 3 fully saturated rings. The molecule has 2 heteroatoms. The molecule has 2 saturated heterocycles. The second kappa shape index (κ2) is 5.55. The van der Waals surface area contributed by atoms with Crippen LogP contribution in [0.4, 0.5) is 0 Å². The molecular weight excluding hydrogens is 234 g/mol. The predicted octanol–water partition coefficient (Wildman–Crippen LogP) is 3.55. The zero-order chi connectivity index (χ0) is 13.4. The number of Topliss-reactive ketones (excluding diaryl/α,β-unsaturated/α-hetero) is 1. The highest BCUT2D eigenvalue weighted by Gasteiger charge is 2.36. The minimum absolute atomic E-state index is 0.388. The van der Waals surface area contributed by atoms with Gasteiger partial charge in [-0.1, -0.05) is 13.8 Å². The van der Waals surface area contributed by atoms with Crippen LogP contribution >= 0.6 is 0 Å². The van der Waals surface area contributed by atoms with E-state index in [1.54, 1.807) is 0 Å². The molecule has 108 valence electrons. The highest BCUT2D eigenvalue weighted by atomic mass is 16.1. The minimum Gasteiger partial charge on any atom is -0.311 e. The number of ketones is 1. The van der Waals surface area contributed by atoms with Crippen molar-refractivity contribution in [3.05, 3.63) is 0 Å². The van der Waals surface area contributed by atoms with Crippen LogP contribution in [0.2, 0.25) is 0 Å². The van der Waals surface area contributed by atoms with E-state index in [9.17, 15) is 4.79 Å². The number of rotatable bonds is 3. The molecule has 0 aromatic rings. The molecule has 0 aromatic heterocycles. The van der Waals surface area contributed by atoms with Gasteiger partial charge in [-0.2, -0.15) is 0 Å². The number of nitrogens with one attached hydrogen (secondary N) is 1. The first kappa shape index (κ1) is 13.6. The van der Waals surface area contributed by atoms with Gasteiger partial charge in [-0.05, 0) is 62.7 Å². The molecule has 5 unspecified atom stereocenters. The van der Waals surface area contributed by atoms with E-state index in [-0.39, 0.29) is 0 Å². The standard InChI is InChI=1S/C17H29NO/c1-11-3-4-14(7-12(11)2)17(19)10-13-8-15-5-6-16(9-13)18-15/h11-16,18H,3-10H2,1-2H3. The molecule has 0 aromatic carbocycles. The Kier molecular flexibility index (Phi) is 3.98. The number of carbonyl (C=O) groups is 1. The maximum atomic E-state index is 12.5. The second-order valence-corrected chi connectivity index (χ2v) is 7.61. The molecule has 5 atom stereocenters. The van der Waals surface area contributed by atoms with E-state index in [0.717, 1.165) is 43.2 Å². The van der Waals surface area contributed by atoms with Crippen LogP contribution in [0.1, 0.15) is 65.2 Å². The van der Waals surface area contributed by atoms with E-state index in [1.807, 2.05) is 0 Å². The lowest BCUT2D eigenvalue weighted by Crippen LogP contribution is -2.39. The molecule has 2 bridgehead atoms. The van der Waals surface area contributed by atoms with Crippen molar-refractivity contribution in [3.63, 3.8) is 0 Å². The Balaban J connectivity index is 1.51. The number of piperidine rings is 1. The van der Waals surface area contributed by atoms with Crippen molar-refractivity contribution in [3.8, 4) is 0 Å². The van der Waals surface area contributed by atoms with Crippen molar-refractivity contribution in [2.75, 3.05) is 0 Å². The molecule has 1 N–H and O–H groups in total. The van der Waals surface area contributed by atoms with Crippen molar-refractivity contribution >= 4 is 5.78 Å². The average molecular weight is 263 g/mol. The minimum atomic E-state index is 0.388. The fourth-order valence-electron chi connectivity index (χ4n) is 4.63. The van der Waals surface area contributed by atoms with Gasteiger partial charge >= 0.3 is 0 Å². The third-order valence-corrected chi connectivity index (χ3v) is 6.11. The Hall–Kier alpha value is -0.370. The highest BCUT2D eigenvalue weighted by Crippen LogP contribution is 2.37. The molecule has 3 aliphatic rings. The maximum absolute atomic E-state index is 12.5. The third kappa shape index (κ3) is 3.04. The van der Waals surface area contributed by atoms with Crippen LogP contribution in [0.3, 0.4) is 0 Å². The largest absolute Gasteiger partial charge is 0.311 e. The fraction of sp³-hybridized carbons (Fsp3) is 0.941. The molecular formula is C17H29NO. The van der Waals surface area contributed by atoms with E-state index < -0.39 is 0 Å².